The fourth-order valence-electron chi connectivity index (χ4n) is 3.90. The summed E-state index contributed by atoms with van der Waals surface area (Å²) in [5, 5.41) is 0.842. The zero-order valence-electron chi connectivity index (χ0n) is 18.2. The minimum atomic E-state index is -0.125. The van der Waals surface area contributed by atoms with Crippen LogP contribution in [0.1, 0.15) is 39.9 Å². The molecule has 0 saturated heterocycles. The van der Waals surface area contributed by atoms with Crippen molar-refractivity contribution in [3.05, 3.63) is 98.5 Å². The van der Waals surface area contributed by atoms with Gasteiger partial charge in [0.25, 0.3) is 0 Å². The average molecular weight is 481 g/mol. The van der Waals surface area contributed by atoms with E-state index in [0.29, 0.717) is 46.2 Å². The van der Waals surface area contributed by atoms with Gasteiger partial charge in [-0.25, -0.2) is 9.98 Å². The lowest BCUT2D eigenvalue weighted by Crippen LogP contribution is -2.11. The number of nitrogens with zero attached hydrogens (tertiary/aromatic N) is 2. The number of aliphatic imine (C=N–C) groups is 2. The predicted octanol–water partition coefficient (Wildman–Crippen LogP) is 6.35. The number of hydrogen-bond acceptors (Lipinski definition) is 5. The summed E-state index contributed by atoms with van der Waals surface area (Å²) in [6, 6.07) is 19.4. The molecular weight excluding hydrogens is 459 g/mol. The highest BCUT2D eigenvalue weighted by atomic mass is 35.5. The maximum absolute atomic E-state index is 6.36. The number of methoxy groups -OCH3 is 1. The van der Waals surface area contributed by atoms with Crippen LogP contribution in [-0.2, 0) is 9.47 Å². The van der Waals surface area contributed by atoms with Crippen LogP contribution >= 0.6 is 23.2 Å². The van der Waals surface area contributed by atoms with Crippen molar-refractivity contribution in [1.29, 1.82) is 0 Å². The molecule has 2 atom stereocenters. The van der Waals surface area contributed by atoms with Gasteiger partial charge in [0.2, 0.25) is 11.8 Å². The van der Waals surface area contributed by atoms with Crippen molar-refractivity contribution in [2.75, 3.05) is 20.3 Å². The Hall–Kier alpha value is -3.02. The minimum Gasteiger partial charge on any atom is -0.497 e. The second kappa shape index (κ2) is 9.08. The van der Waals surface area contributed by atoms with Gasteiger partial charge in [-0.2, -0.15) is 0 Å². The molecule has 0 radical (unpaired) electrons. The SMILES string of the molecule is COc1ccc([C@H]2COC(c3cc(Cl)c(Cl)cc3C3=N[C@@H](c4ccc(C)cc4)CO3)=N2)cc1. The highest BCUT2D eigenvalue weighted by Gasteiger charge is 2.29. The van der Waals surface area contributed by atoms with Crippen LogP contribution < -0.4 is 4.74 Å². The zero-order chi connectivity index (χ0) is 22.9. The largest absolute Gasteiger partial charge is 0.497 e. The van der Waals surface area contributed by atoms with Gasteiger partial charge in [0.15, 0.2) is 0 Å². The maximum atomic E-state index is 6.36. The first-order valence-electron chi connectivity index (χ1n) is 10.6. The molecular formula is C26H22Cl2N2O3. The van der Waals surface area contributed by atoms with Gasteiger partial charge in [0.1, 0.15) is 31.0 Å². The fourth-order valence-corrected chi connectivity index (χ4v) is 4.23. The summed E-state index contributed by atoms with van der Waals surface area (Å²) in [6.45, 7) is 2.95. The molecule has 5 nitrogen and oxygen atoms in total. The van der Waals surface area contributed by atoms with Crippen molar-refractivity contribution >= 4 is 35.0 Å². The van der Waals surface area contributed by atoms with E-state index in [4.69, 9.17) is 47.4 Å². The highest BCUT2D eigenvalue weighted by Crippen LogP contribution is 2.34. The maximum Gasteiger partial charge on any atom is 0.217 e. The van der Waals surface area contributed by atoms with Crippen LogP contribution in [0, 0.1) is 6.92 Å². The standard InChI is InChI=1S/C26H22Cl2N2O3/c1-15-3-5-16(6-4-15)23-13-32-25(29-23)19-11-21(27)22(28)12-20(19)26-30-24(14-33-26)17-7-9-18(31-2)10-8-17/h3-12,23-24H,13-14H2,1-2H3/t23-,24-/m1/s1. The van der Waals surface area contributed by atoms with E-state index < -0.39 is 0 Å². The Morgan fingerprint density at radius 1 is 0.758 bits per heavy atom. The van der Waals surface area contributed by atoms with E-state index in [2.05, 4.69) is 31.2 Å². The van der Waals surface area contributed by atoms with Gasteiger partial charge in [0.05, 0.1) is 28.3 Å². The Morgan fingerprint density at radius 2 is 1.21 bits per heavy atom. The van der Waals surface area contributed by atoms with Crippen LogP contribution in [0.2, 0.25) is 10.0 Å². The summed E-state index contributed by atoms with van der Waals surface area (Å²) in [5.74, 6) is 1.80. The zero-order valence-corrected chi connectivity index (χ0v) is 19.7. The number of rotatable bonds is 5. The first-order chi connectivity index (χ1) is 16.0. The molecule has 0 N–H and O–H groups in total. The molecule has 0 aliphatic carbocycles. The van der Waals surface area contributed by atoms with Crippen molar-refractivity contribution in [3.8, 4) is 5.75 Å². The number of ether oxygens (including phenoxy) is 3. The van der Waals surface area contributed by atoms with E-state index >= 15 is 0 Å². The van der Waals surface area contributed by atoms with Crippen LogP contribution in [0.25, 0.3) is 0 Å². The van der Waals surface area contributed by atoms with Gasteiger partial charge >= 0.3 is 0 Å². The van der Waals surface area contributed by atoms with E-state index in [1.54, 1.807) is 19.2 Å². The van der Waals surface area contributed by atoms with Crippen molar-refractivity contribution in [1.82, 2.24) is 0 Å². The molecule has 0 fully saturated rings. The third-order valence-electron chi connectivity index (χ3n) is 5.79. The molecule has 7 heteroatoms. The minimum absolute atomic E-state index is 0.0820. The summed E-state index contributed by atoms with van der Waals surface area (Å²) < 4.78 is 17.2. The molecule has 3 aromatic rings. The van der Waals surface area contributed by atoms with E-state index in [0.717, 1.165) is 16.9 Å². The van der Waals surface area contributed by atoms with Crippen LogP contribution in [0.4, 0.5) is 0 Å². The topological polar surface area (TPSA) is 52.4 Å². The second-order valence-corrected chi connectivity index (χ2v) is 8.83. The second-order valence-electron chi connectivity index (χ2n) is 8.02. The summed E-state index contributed by atoms with van der Waals surface area (Å²) in [7, 11) is 1.65. The molecule has 0 aromatic heterocycles. The molecule has 0 unspecified atom stereocenters. The summed E-state index contributed by atoms with van der Waals surface area (Å²) in [4.78, 5) is 9.64. The molecule has 2 aliphatic heterocycles. The van der Waals surface area contributed by atoms with Gasteiger partial charge in [-0.1, -0.05) is 65.2 Å². The molecule has 0 amide bonds. The number of hydrogen-bond donors (Lipinski definition) is 0. The Morgan fingerprint density at radius 3 is 1.67 bits per heavy atom. The normalized spacial score (nSPS) is 19.5. The molecule has 0 saturated carbocycles. The smallest absolute Gasteiger partial charge is 0.217 e. The van der Waals surface area contributed by atoms with Crippen LogP contribution in [0.3, 0.4) is 0 Å². The number of halogens is 2. The Kier molecular flexibility index (Phi) is 6.00. The van der Waals surface area contributed by atoms with Gasteiger partial charge in [0, 0.05) is 0 Å². The van der Waals surface area contributed by atoms with Gasteiger partial charge < -0.3 is 14.2 Å². The van der Waals surface area contributed by atoms with Gasteiger partial charge in [-0.05, 0) is 42.3 Å². The van der Waals surface area contributed by atoms with Crippen molar-refractivity contribution < 1.29 is 14.2 Å². The lowest BCUT2D eigenvalue weighted by molar-refractivity contribution is 0.316. The third-order valence-corrected chi connectivity index (χ3v) is 6.51. The fraction of sp³-hybridized carbons (Fsp3) is 0.231. The lowest BCUT2D eigenvalue weighted by Gasteiger charge is -2.10. The highest BCUT2D eigenvalue weighted by molar-refractivity contribution is 6.42. The monoisotopic (exact) mass is 480 g/mol. The van der Waals surface area contributed by atoms with Gasteiger partial charge in [-0.3, -0.25) is 0 Å². The van der Waals surface area contributed by atoms with Crippen molar-refractivity contribution in [2.45, 2.75) is 19.0 Å². The molecule has 2 heterocycles. The first-order valence-corrected chi connectivity index (χ1v) is 11.4. The molecule has 2 aliphatic rings. The summed E-state index contributed by atoms with van der Waals surface area (Å²) in [6.07, 6.45) is 0. The Labute approximate surface area is 202 Å². The Balaban J connectivity index is 1.48. The molecule has 0 bridgehead atoms. The van der Waals surface area contributed by atoms with Crippen molar-refractivity contribution in [2.24, 2.45) is 9.98 Å². The van der Waals surface area contributed by atoms with Crippen LogP contribution in [0.15, 0.2) is 70.6 Å². The molecule has 0 spiro atoms. The predicted molar refractivity (Wildman–Crippen MR) is 131 cm³/mol. The number of benzene rings is 3. The number of aryl methyl sites for hydroxylation is 1. The van der Waals surface area contributed by atoms with Crippen LogP contribution in [-0.4, -0.2) is 32.1 Å². The summed E-state index contributed by atoms with van der Waals surface area (Å²) in [5.41, 5.74) is 4.78. The molecule has 168 valence electrons. The van der Waals surface area contributed by atoms with E-state index in [1.807, 2.05) is 24.3 Å². The van der Waals surface area contributed by atoms with E-state index in [1.165, 1.54) is 5.56 Å². The third kappa shape index (κ3) is 4.43. The Bertz CT molecular complexity index is 1240. The summed E-state index contributed by atoms with van der Waals surface area (Å²) >= 11 is 12.7. The average Bonchev–Trinajstić information content (AvgIpc) is 3.52. The quantitative estimate of drug-likeness (QED) is 0.427. The van der Waals surface area contributed by atoms with E-state index in [9.17, 15) is 0 Å². The van der Waals surface area contributed by atoms with E-state index in [-0.39, 0.29) is 12.1 Å². The van der Waals surface area contributed by atoms with Crippen molar-refractivity contribution in [3.63, 3.8) is 0 Å². The lowest BCUT2D eigenvalue weighted by atomic mass is 10.1. The first kappa shape index (κ1) is 21.8. The molecule has 33 heavy (non-hydrogen) atoms. The van der Waals surface area contributed by atoms with Gasteiger partial charge in [-0.15, -0.1) is 0 Å². The molecule has 3 aromatic carbocycles. The molecule has 5 rings (SSSR count). The van der Waals surface area contributed by atoms with Crippen LogP contribution in [0.5, 0.6) is 5.75 Å².